The monoisotopic (exact) mass is 278 g/mol. The van der Waals surface area contributed by atoms with Gasteiger partial charge < -0.3 is 0 Å². The summed E-state index contributed by atoms with van der Waals surface area (Å²) in [6, 6.07) is 9.29. The third-order valence-electron chi connectivity index (χ3n) is 4.58. The lowest BCUT2D eigenvalue weighted by molar-refractivity contribution is 1.31. The summed E-state index contributed by atoms with van der Waals surface area (Å²) in [5.74, 6) is 0. The molecule has 0 aliphatic rings. The quantitative estimate of drug-likeness (QED) is 0.739. The van der Waals surface area contributed by atoms with Gasteiger partial charge in [0.1, 0.15) is 0 Å². The van der Waals surface area contributed by atoms with Crippen molar-refractivity contribution in [3.63, 3.8) is 0 Å². The van der Waals surface area contributed by atoms with E-state index in [-0.39, 0.29) is 0 Å². The first-order valence-corrected chi connectivity index (χ1v) is 8.00. The van der Waals surface area contributed by atoms with Crippen molar-refractivity contribution < 1.29 is 0 Å². The Kier molecular flexibility index (Phi) is 4.61. The van der Waals surface area contributed by atoms with Crippen molar-refractivity contribution in [3.8, 4) is 0 Å². The standard InChI is InChI=1S/C20H27B/c1-8-21(19-15(4)9-13(2)10-16(19)5)20-17(6)11-14(3)12-18(20)7/h9-12H,8H2,1-7H3. The highest BCUT2D eigenvalue weighted by Gasteiger charge is 2.24. The molecule has 0 N–H and O–H groups in total. The van der Waals surface area contributed by atoms with Gasteiger partial charge in [0, 0.05) is 0 Å². The van der Waals surface area contributed by atoms with Crippen molar-refractivity contribution in [1.29, 1.82) is 0 Å². The molecule has 2 rings (SSSR count). The molecule has 0 fully saturated rings. The van der Waals surface area contributed by atoms with E-state index in [0.29, 0.717) is 6.71 Å². The minimum atomic E-state index is 0.506. The van der Waals surface area contributed by atoms with Crippen LogP contribution in [0.3, 0.4) is 0 Å². The Morgan fingerprint density at radius 3 is 1.14 bits per heavy atom. The van der Waals surface area contributed by atoms with Crippen molar-refractivity contribution in [3.05, 3.63) is 57.6 Å². The number of benzene rings is 2. The molecule has 0 atom stereocenters. The fourth-order valence-corrected chi connectivity index (χ4v) is 4.03. The lowest BCUT2D eigenvalue weighted by Crippen LogP contribution is -2.46. The molecular formula is C20H27B. The molecule has 2 aromatic carbocycles. The summed E-state index contributed by atoms with van der Waals surface area (Å²) in [7, 11) is 0. The minimum Gasteiger partial charge on any atom is -0.0712 e. The van der Waals surface area contributed by atoms with Crippen molar-refractivity contribution in [2.24, 2.45) is 0 Å². The van der Waals surface area contributed by atoms with Crippen LogP contribution in [0.15, 0.2) is 24.3 Å². The highest BCUT2D eigenvalue weighted by molar-refractivity contribution is 6.86. The number of hydrogen-bond acceptors (Lipinski definition) is 0. The predicted octanol–water partition coefficient (Wildman–Crippen LogP) is 4.17. The van der Waals surface area contributed by atoms with Gasteiger partial charge in [-0.1, -0.05) is 81.8 Å². The molecule has 0 spiro atoms. The predicted molar refractivity (Wildman–Crippen MR) is 96.8 cm³/mol. The molecule has 1 heteroatoms. The molecule has 0 saturated heterocycles. The normalized spacial score (nSPS) is 10.8. The van der Waals surface area contributed by atoms with Crippen LogP contribution in [-0.2, 0) is 0 Å². The molecule has 0 nitrogen and oxygen atoms in total. The van der Waals surface area contributed by atoms with Gasteiger partial charge in [-0.2, -0.15) is 0 Å². The maximum atomic E-state index is 2.32. The second-order valence-electron chi connectivity index (χ2n) is 6.59. The average molecular weight is 278 g/mol. The van der Waals surface area contributed by atoms with Crippen LogP contribution >= 0.6 is 0 Å². The summed E-state index contributed by atoms with van der Waals surface area (Å²) in [5.41, 5.74) is 11.5. The minimum absolute atomic E-state index is 0.506. The van der Waals surface area contributed by atoms with Gasteiger partial charge in [-0.25, -0.2) is 0 Å². The van der Waals surface area contributed by atoms with Gasteiger partial charge in [-0.3, -0.25) is 0 Å². The smallest absolute Gasteiger partial charge is 0.0712 e. The summed E-state index contributed by atoms with van der Waals surface area (Å²) in [4.78, 5) is 0. The third-order valence-corrected chi connectivity index (χ3v) is 4.58. The fourth-order valence-electron chi connectivity index (χ4n) is 4.03. The first-order chi connectivity index (χ1) is 9.85. The van der Waals surface area contributed by atoms with E-state index in [9.17, 15) is 0 Å². The zero-order chi connectivity index (χ0) is 15.7. The highest BCUT2D eigenvalue weighted by Crippen LogP contribution is 2.13. The molecule has 0 aliphatic heterocycles. The summed E-state index contributed by atoms with van der Waals surface area (Å²) in [5, 5.41) is 0. The van der Waals surface area contributed by atoms with E-state index in [1.165, 1.54) is 44.3 Å². The zero-order valence-electron chi connectivity index (χ0n) is 14.6. The van der Waals surface area contributed by atoms with Crippen LogP contribution in [-0.4, -0.2) is 6.71 Å². The van der Waals surface area contributed by atoms with E-state index in [0.717, 1.165) is 6.32 Å². The Hall–Kier alpha value is -1.50. The molecule has 110 valence electrons. The van der Waals surface area contributed by atoms with Crippen LogP contribution in [0.5, 0.6) is 0 Å². The van der Waals surface area contributed by atoms with E-state index >= 15 is 0 Å². The van der Waals surface area contributed by atoms with Crippen LogP contribution < -0.4 is 10.9 Å². The molecule has 0 unspecified atom stereocenters. The lowest BCUT2D eigenvalue weighted by Gasteiger charge is -2.23. The Labute approximate surface area is 130 Å². The largest absolute Gasteiger partial charge is 0.210 e. The molecule has 21 heavy (non-hydrogen) atoms. The van der Waals surface area contributed by atoms with Gasteiger partial charge in [0.05, 0.1) is 0 Å². The van der Waals surface area contributed by atoms with E-state index in [2.05, 4.69) is 72.7 Å². The van der Waals surface area contributed by atoms with Crippen molar-refractivity contribution in [2.45, 2.75) is 54.8 Å². The Morgan fingerprint density at radius 1 is 0.619 bits per heavy atom. The number of rotatable bonds is 3. The Morgan fingerprint density at radius 2 is 0.905 bits per heavy atom. The Bertz CT molecular complexity index is 564. The average Bonchev–Trinajstić information content (AvgIpc) is 2.34. The second kappa shape index (κ2) is 6.09. The van der Waals surface area contributed by atoms with Crippen LogP contribution in [0, 0.1) is 41.5 Å². The van der Waals surface area contributed by atoms with Crippen LogP contribution in [0.2, 0.25) is 6.32 Å². The maximum absolute atomic E-state index is 2.32. The van der Waals surface area contributed by atoms with E-state index in [4.69, 9.17) is 0 Å². The molecule has 2 aromatic rings. The van der Waals surface area contributed by atoms with Gasteiger partial charge in [0.15, 0.2) is 0 Å². The molecule has 0 heterocycles. The fraction of sp³-hybridized carbons (Fsp3) is 0.400. The Balaban J connectivity index is 2.66. The van der Waals surface area contributed by atoms with Crippen LogP contribution in [0.1, 0.15) is 40.3 Å². The third kappa shape index (κ3) is 3.07. The molecule has 0 amide bonds. The van der Waals surface area contributed by atoms with E-state index in [1.807, 2.05) is 0 Å². The number of aryl methyl sites for hydroxylation is 6. The lowest BCUT2D eigenvalue weighted by atomic mass is 9.36. The first-order valence-electron chi connectivity index (χ1n) is 8.00. The summed E-state index contributed by atoms with van der Waals surface area (Å²) < 4.78 is 0. The SMILES string of the molecule is CCB(c1c(C)cc(C)cc1C)c1c(C)cc(C)cc1C. The van der Waals surface area contributed by atoms with Gasteiger partial charge in [-0.15, -0.1) is 0 Å². The summed E-state index contributed by atoms with van der Waals surface area (Å²) in [6.07, 6.45) is 1.15. The van der Waals surface area contributed by atoms with Crippen LogP contribution in [0.4, 0.5) is 0 Å². The van der Waals surface area contributed by atoms with E-state index in [1.54, 1.807) is 0 Å². The van der Waals surface area contributed by atoms with Gasteiger partial charge in [0.25, 0.3) is 0 Å². The van der Waals surface area contributed by atoms with Crippen molar-refractivity contribution in [2.75, 3.05) is 0 Å². The van der Waals surface area contributed by atoms with Crippen molar-refractivity contribution >= 4 is 17.6 Å². The van der Waals surface area contributed by atoms with E-state index < -0.39 is 0 Å². The molecule has 0 aromatic heterocycles. The van der Waals surface area contributed by atoms with Gasteiger partial charge in [0.2, 0.25) is 6.71 Å². The highest BCUT2D eigenvalue weighted by atomic mass is 14.1. The van der Waals surface area contributed by atoms with Gasteiger partial charge in [-0.05, 0) is 41.5 Å². The molecular weight excluding hydrogens is 251 g/mol. The summed E-state index contributed by atoms with van der Waals surface area (Å²) in [6.45, 7) is 16.2. The van der Waals surface area contributed by atoms with Crippen LogP contribution in [0.25, 0.3) is 0 Å². The van der Waals surface area contributed by atoms with Crippen molar-refractivity contribution in [1.82, 2.24) is 0 Å². The second-order valence-corrected chi connectivity index (χ2v) is 6.59. The molecule has 0 radical (unpaired) electrons. The molecule has 0 bridgehead atoms. The van der Waals surface area contributed by atoms with Gasteiger partial charge >= 0.3 is 0 Å². The zero-order valence-corrected chi connectivity index (χ0v) is 14.6. The summed E-state index contributed by atoms with van der Waals surface area (Å²) >= 11 is 0. The topological polar surface area (TPSA) is 0 Å². The maximum Gasteiger partial charge on any atom is 0.210 e. The molecule has 0 saturated carbocycles. The first kappa shape index (κ1) is 15.9. The molecule has 0 aliphatic carbocycles. The number of hydrogen-bond donors (Lipinski definition) is 0.